The quantitative estimate of drug-likeness (QED) is 0.613. The summed E-state index contributed by atoms with van der Waals surface area (Å²) in [4.78, 5) is 17.5. The molecule has 0 aromatic heterocycles. The van der Waals surface area contributed by atoms with Crippen molar-refractivity contribution >= 4 is 17.2 Å². The molecule has 0 fully saturated rings. The van der Waals surface area contributed by atoms with E-state index < -0.39 is 17.8 Å². The summed E-state index contributed by atoms with van der Waals surface area (Å²) in [5.41, 5.74) is 3.83. The van der Waals surface area contributed by atoms with Crippen molar-refractivity contribution in [1.29, 1.82) is 0 Å². The maximum atomic E-state index is 14.8. The number of aliphatic hydroxyl groups is 1. The van der Waals surface area contributed by atoms with E-state index in [1.54, 1.807) is 6.07 Å². The van der Waals surface area contributed by atoms with Gasteiger partial charge in [0.25, 0.3) is 5.91 Å². The lowest BCUT2D eigenvalue weighted by Gasteiger charge is -2.18. The van der Waals surface area contributed by atoms with Crippen molar-refractivity contribution in [2.24, 2.45) is 4.99 Å². The largest absolute Gasteiger partial charge is 0.394 e. The first-order valence-corrected chi connectivity index (χ1v) is 10.2. The third-order valence-electron chi connectivity index (χ3n) is 5.27. The molecule has 2 N–H and O–H groups in total. The molecule has 1 amide bonds. The van der Waals surface area contributed by atoms with Crippen LogP contribution in [0, 0.1) is 5.82 Å². The summed E-state index contributed by atoms with van der Waals surface area (Å²) >= 11 is 0. The van der Waals surface area contributed by atoms with Gasteiger partial charge in [-0.15, -0.1) is 0 Å². The average molecular weight is 414 g/mol. The van der Waals surface area contributed by atoms with Gasteiger partial charge in [-0.3, -0.25) is 9.79 Å². The molecular weight excluding hydrogens is 391 g/mol. The van der Waals surface area contributed by atoms with Crippen LogP contribution in [0.5, 0.6) is 0 Å². The number of aliphatic imine (C=N–C) groups is 1. The molecule has 0 saturated carbocycles. The van der Waals surface area contributed by atoms with Crippen molar-refractivity contribution in [3.8, 4) is 0 Å². The van der Waals surface area contributed by atoms with Gasteiger partial charge in [-0.1, -0.05) is 66.7 Å². The predicted molar refractivity (Wildman–Crippen MR) is 121 cm³/mol. The first-order chi connectivity index (χ1) is 15.2. The van der Waals surface area contributed by atoms with Crippen LogP contribution in [0.3, 0.4) is 0 Å². The third-order valence-corrected chi connectivity index (χ3v) is 5.27. The first kappa shape index (κ1) is 20.7. The summed E-state index contributed by atoms with van der Waals surface area (Å²) in [6, 6.07) is 23.3. The number of carbonyl (C=O) groups excluding carboxylic acids is 1. The van der Waals surface area contributed by atoms with Gasteiger partial charge in [0.2, 0.25) is 0 Å². The molecule has 1 aliphatic rings. The smallest absolute Gasteiger partial charge is 0.252 e. The lowest BCUT2D eigenvalue weighted by atomic mass is 9.98. The molecule has 0 spiro atoms. The van der Waals surface area contributed by atoms with Crippen molar-refractivity contribution in [3.63, 3.8) is 0 Å². The fourth-order valence-electron chi connectivity index (χ4n) is 3.70. The van der Waals surface area contributed by atoms with Gasteiger partial charge in [0.1, 0.15) is 5.82 Å². The van der Waals surface area contributed by atoms with Crippen LogP contribution in [-0.4, -0.2) is 35.9 Å². The van der Waals surface area contributed by atoms with Crippen molar-refractivity contribution < 1.29 is 14.3 Å². The van der Waals surface area contributed by atoms with Crippen LogP contribution in [-0.2, 0) is 6.42 Å². The molecule has 0 radical (unpaired) electrons. The van der Waals surface area contributed by atoms with Gasteiger partial charge in [-0.05, 0) is 41.3 Å². The molecule has 4 nitrogen and oxygen atoms in total. The van der Waals surface area contributed by atoms with E-state index in [1.165, 1.54) is 12.1 Å². The number of allylic oxidation sites excluding steroid dienone is 1. The molecular formula is C26H23FN2O2. The number of aliphatic hydroxyl groups excluding tert-OH is 1. The standard InChI is InChI=1S/C26H23FN2O2/c27-23-13-7-12-22(26(31)29-21(17-30)14-18-8-3-1-4-9-18)25(23)24-15-20(16-28-24)19-10-5-2-6-11-19/h1-13,15,21,30H,14,16-17H2,(H,29,31)/t21-/m1/s1. The minimum Gasteiger partial charge on any atom is -0.394 e. The van der Waals surface area contributed by atoms with E-state index >= 15 is 0 Å². The van der Waals surface area contributed by atoms with Gasteiger partial charge >= 0.3 is 0 Å². The summed E-state index contributed by atoms with van der Waals surface area (Å²) in [7, 11) is 0. The van der Waals surface area contributed by atoms with E-state index in [1.807, 2.05) is 66.7 Å². The fraction of sp³-hybridized carbons (Fsp3) is 0.154. The molecule has 0 aliphatic carbocycles. The Hall–Kier alpha value is -3.57. The summed E-state index contributed by atoms with van der Waals surface area (Å²) in [5.74, 6) is -0.936. The SMILES string of the molecule is O=C(N[C@@H](CO)Cc1ccccc1)c1cccc(F)c1C1=NCC(c2ccccc2)=C1. The van der Waals surface area contributed by atoms with Gasteiger partial charge in [-0.2, -0.15) is 0 Å². The Morgan fingerprint density at radius 3 is 2.42 bits per heavy atom. The van der Waals surface area contributed by atoms with Crippen molar-refractivity contribution in [2.75, 3.05) is 13.2 Å². The molecule has 3 aromatic carbocycles. The number of hydrogen-bond acceptors (Lipinski definition) is 3. The number of amides is 1. The number of nitrogens with zero attached hydrogens (tertiary/aromatic N) is 1. The minimum atomic E-state index is -0.499. The summed E-state index contributed by atoms with van der Waals surface area (Å²) in [5, 5.41) is 12.6. The van der Waals surface area contributed by atoms with E-state index in [-0.39, 0.29) is 17.7 Å². The highest BCUT2D eigenvalue weighted by Gasteiger charge is 2.23. The highest BCUT2D eigenvalue weighted by Crippen LogP contribution is 2.25. The fourth-order valence-corrected chi connectivity index (χ4v) is 3.70. The van der Waals surface area contributed by atoms with Crippen LogP contribution < -0.4 is 5.32 Å². The molecule has 1 atom stereocenters. The van der Waals surface area contributed by atoms with Crippen LogP contribution in [0.25, 0.3) is 5.57 Å². The first-order valence-electron chi connectivity index (χ1n) is 10.2. The molecule has 1 aliphatic heterocycles. The van der Waals surface area contributed by atoms with Gasteiger partial charge < -0.3 is 10.4 Å². The Morgan fingerprint density at radius 1 is 1.00 bits per heavy atom. The molecule has 0 saturated heterocycles. The predicted octanol–water partition coefficient (Wildman–Crippen LogP) is 4.05. The molecule has 31 heavy (non-hydrogen) atoms. The van der Waals surface area contributed by atoms with E-state index in [4.69, 9.17) is 0 Å². The molecule has 3 aromatic rings. The zero-order chi connectivity index (χ0) is 21.6. The zero-order valence-corrected chi connectivity index (χ0v) is 17.0. The lowest BCUT2D eigenvalue weighted by molar-refractivity contribution is 0.0916. The Morgan fingerprint density at radius 2 is 1.71 bits per heavy atom. The van der Waals surface area contributed by atoms with E-state index in [0.29, 0.717) is 18.7 Å². The summed E-state index contributed by atoms with van der Waals surface area (Å²) in [6.45, 7) is 0.215. The number of carbonyl (C=O) groups is 1. The third kappa shape index (κ3) is 4.78. The Balaban J connectivity index is 1.58. The topological polar surface area (TPSA) is 61.7 Å². The number of halogens is 1. The minimum absolute atomic E-state index is 0.183. The van der Waals surface area contributed by atoms with E-state index in [9.17, 15) is 14.3 Å². The number of hydrogen-bond donors (Lipinski definition) is 2. The van der Waals surface area contributed by atoms with Gasteiger partial charge in [-0.25, -0.2) is 4.39 Å². The molecule has 0 bridgehead atoms. The number of rotatable bonds is 7. The Kier molecular flexibility index (Phi) is 6.34. The Bertz CT molecular complexity index is 1120. The summed E-state index contributed by atoms with van der Waals surface area (Å²) in [6.07, 6.45) is 2.31. The Labute approximate surface area is 180 Å². The van der Waals surface area contributed by atoms with Crippen molar-refractivity contribution in [3.05, 3.63) is 113 Å². The average Bonchev–Trinajstić information content (AvgIpc) is 3.29. The normalized spacial score (nSPS) is 14.0. The van der Waals surface area contributed by atoms with Crippen LogP contribution in [0.2, 0.25) is 0 Å². The molecule has 0 unspecified atom stereocenters. The van der Waals surface area contributed by atoms with Crippen molar-refractivity contribution in [1.82, 2.24) is 5.32 Å². The maximum absolute atomic E-state index is 14.8. The maximum Gasteiger partial charge on any atom is 0.252 e. The second kappa shape index (κ2) is 9.49. The zero-order valence-electron chi connectivity index (χ0n) is 17.0. The highest BCUT2D eigenvalue weighted by molar-refractivity contribution is 6.19. The molecule has 5 heteroatoms. The van der Waals surface area contributed by atoms with Crippen LogP contribution >= 0.6 is 0 Å². The van der Waals surface area contributed by atoms with Crippen LogP contribution in [0.15, 0.2) is 89.9 Å². The van der Waals surface area contributed by atoms with E-state index in [0.717, 1.165) is 16.7 Å². The highest BCUT2D eigenvalue weighted by atomic mass is 19.1. The second-order valence-electron chi connectivity index (χ2n) is 7.44. The lowest BCUT2D eigenvalue weighted by Crippen LogP contribution is -2.39. The molecule has 156 valence electrons. The van der Waals surface area contributed by atoms with E-state index in [2.05, 4.69) is 10.3 Å². The monoisotopic (exact) mass is 414 g/mol. The van der Waals surface area contributed by atoms with Gasteiger partial charge in [0, 0.05) is 5.56 Å². The van der Waals surface area contributed by atoms with Gasteiger partial charge in [0.05, 0.1) is 30.5 Å². The molecule has 1 heterocycles. The second-order valence-corrected chi connectivity index (χ2v) is 7.44. The molecule has 4 rings (SSSR count). The van der Waals surface area contributed by atoms with Gasteiger partial charge in [0.15, 0.2) is 0 Å². The van der Waals surface area contributed by atoms with Crippen LogP contribution in [0.4, 0.5) is 4.39 Å². The van der Waals surface area contributed by atoms with Crippen molar-refractivity contribution in [2.45, 2.75) is 12.5 Å². The van der Waals surface area contributed by atoms with Crippen LogP contribution in [0.1, 0.15) is 27.0 Å². The number of benzene rings is 3. The summed E-state index contributed by atoms with van der Waals surface area (Å²) < 4.78 is 14.8. The number of nitrogens with one attached hydrogen (secondary N) is 1.